The third kappa shape index (κ3) is 4.24. The van der Waals surface area contributed by atoms with Crippen LogP contribution in [0.5, 0.6) is 17.4 Å². The van der Waals surface area contributed by atoms with Crippen LogP contribution in [0, 0.1) is 5.82 Å². The van der Waals surface area contributed by atoms with Crippen LogP contribution >= 0.6 is 0 Å². The SMILES string of the molecule is COc1ncc(Oc2ccnc(C(C)N3CCN(C)CC3)c2)cc1F. The summed E-state index contributed by atoms with van der Waals surface area (Å²) in [4.78, 5) is 13.1. The normalized spacial score (nSPS) is 17.3. The van der Waals surface area contributed by atoms with Crippen molar-refractivity contribution in [2.45, 2.75) is 13.0 Å². The van der Waals surface area contributed by atoms with Crippen molar-refractivity contribution >= 4 is 0 Å². The van der Waals surface area contributed by atoms with Crippen LogP contribution in [-0.2, 0) is 0 Å². The number of ether oxygens (including phenoxy) is 2. The quantitative estimate of drug-likeness (QED) is 0.830. The van der Waals surface area contributed by atoms with Gasteiger partial charge in [0.05, 0.1) is 19.0 Å². The summed E-state index contributed by atoms with van der Waals surface area (Å²) in [5.74, 6) is 0.326. The Balaban J connectivity index is 1.72. The maximum atomic E-state index is 13.7. The zero-order valence-corrected chi connectivity index (χ0v) is 14.8. The molecule has 0 bridgehead atoms. The summed E-state index contributed by atoms with van der Waals surface area (Å²) in [6, 6.07) is 5.10. The molecule has 2 aromatic heterocycles. The van der Waals surface area contributed by atoms with Crippen LogP contribution in [0.25, 0.3) is 0 Å². The third-order valence-electron chi connectivity index (χ3n) is 4.48. The average Bonchev–Trinajstić information content (AvgIpc) is 2.62. The predicted octanol–water partition coefficient (Wildman–Crippen LogP) is 2.73. The summed E-state index contributed by atoms with van der Waals surface area (Å²) < 4.78 is 24.3. The molecule has 0 N–H and O–H groups in total. The van der Waals surface area contributed by atoms with E-state index in [9.17, 15) is 4.39 Å². The Morgan fingerprint density at radius 1 is 1.12 bits per heavy atom. The van der Waals surface area contributed by atoms with Crippen molar-refractivity contribution in [3.63, 3.8) is 0 Å². The molecule has 1 aliphatic heterocycles. The third-order valence-corrected chi connectivity index (χ3v) is 4.48. The topological polar surface area (TPSA) is 50.7 Å². The van der Waals surface area contributed by atoms with Crippen LogP contribution in [0.1, 0.15) is 18.7 Å². The molecule has 1 aliphatic rings. The lowest BCUT2D eigenvalue weighted by atomic mass is 10.1. The molecule has 0 amide bonds. The van der Waals surface area contributed by atoms with Gasteiger partial charge in [-0.25, -0.2) is 9.37 Å². The molecule has 7 heteroatoms. The van der Waals surface area contributed by atoms with Gasteiger partial charge in [0.1, 0.15) is 11.5 Å². The molecular formula is C18H23FN4O2. The fourth-order valence-corrected chi connectivity index (χ4v) is 2.87. The van der Waals surface area contributed by atoms with Gasteiger partial charge in [0.15, 0.2) is 5.82 Å². The van der Waals surface area contributed by atoms with Crippen LogP contribution in [-0.4, -0.2) is 60.1 Å². The second-order valence-corrected chi connectivity index (χ2v) is 6.20. The molecular weight excluding hydrogens is 323 g/mol. The van der Waals surface area contributed by atoms with Crippen LogP contribution in [0.3, 0.4) is 0 Å². The number of aromatic nitrogens is 2. The maximum absolute atomic E-state index is 13.7. The Morgan fingerprint density at radius 2 is 1.88 bits per heavy atom. The first kappa shape index (κ1) is 17.6. The van der Waals surface area contributed by atoms with E-state index in [0.717, 1.165) is 31.9 Å². The molecule has 6 nitrogen and oxygen atoms in total. The van der Waals surface area contributed by atoms with E-state index < -0.39 is 5.82 Å². The van der Waals surface area contributed by atoms with Crippen molar-refractivity contribution < 1.29 is 13.9 Å². The van der Waals surface area contributed by atoms with Gasteiger partial charge >= 0.3 is 0 Å². The molecule has 1 atom stereocenters. The number of methoxy groups -OCH3 is 1. The van der Waals surface area contributed by atoms with Gasteiger partial charge in [-0.05, 0) is 20.0 Å². The summed E-state index contributed by atoms with van der Waals surface area (Å²) in [5.41, 5.74) is 0.934. The number of piperazine rings is 1. The number of hydrogen-bond acceptors (Lipinski definition) is 6. The summed E-state index contributed by atoms with van der Waals surface area (Å²) in [6.07, 6.45) is 3.15. The highest BCUT2D eigenvalue weighted by Crippen LogP contribution is 2.27. The molecule has 3 heterocycles. The second kappa shape index (κ2) is 7.76. The van der Waals surface area contributed by atoms with Crippen molar-refractivity contribution in [1.82, 2.24) is 19.8 Å². The Hall–Kier alpha value is -2.25. The van der Waals surface area contributed by atoms with Crippen molar-refractivity contribution in [1.29, 1.82) is 0 Å². The summed E-state index contributed by atoms with van der Waals surface area (Å²) >= 11 is 0. The van der Waals surface area contributed by atoms with Crippen molar-refractivity contribution in [3.8, 4) is 17.4 Å². The van der Waals surface area contributed by atoms with Crippen LogP contribution in [0.4, 0.5) is 4.39 Å². The Labute approximate surface area is 147 Å². The molecule has 0 radical (unpaired) electrons. The first-order valence-electron chi connectivity index (χ1n) is 8.32. The van der Waals surface area contributed by atoms with Crippen molar-refractivity contribution in [2.75, 3.05) is 40.3 Å². The zero-order valence-electron chi connectivity index (χ0n) is 14.8. The van der Waals surface area contributed by atoms with E-state index in [-0.39, 0.29) is 11.9 Å². The monoisotopic (exact) mass is 346 g/mol. The molecule has 25 heavy (non-hydrogen) atoms. The number of likely N-dealkylation sites (N-methyl/N-ethyl adjacent to an activating group) is 1. The lowest BCUT2D eigenvalue weighted by Crippen LogP contribution is -2.45. The largest absolute Gasteiger partial charge is 0.479 e. The Morgan fingerprint density at radius 3 is 2.56 bits per heavy atom. The van der Waals surface area contributed by atoms with Crippen molar-refractivity contribution in [3.05, 3.63) is 42.1 Å². The number of halogens is 1. The van der Waals surface area contributed by atoms with E-state index in [0.29, 0.717) is 11.5 Å². The van der Waals surface area contributed by atoms with Crippen LogP contribution < -0.4 is 9.47 Å². The molecule has 0 saturated carbocycles. The molecule has 3 rings (SSSR count). The van der Waals surface area contributed by atoms with Gasteiger partial charge < -0.3 is 14.4 Å². The summed E-state index contributed by atoms with van der Waals surface area (Å²) in [7, 11) is 3.51. The molecule has 134 valence electrons. The minimum Gasteiger partial charge on any atom is -0.479 e. The molecule has 0 spiro atoms. The molecule has 1 unspecified atom stereocenters. The van der Waals surface area contributed by atoms with Crippen molar-refractivity contribution in [2.24, 2.45) is 0 Å². The number of nitrogens with zero attached hydrogens (tertiary/aromatic N) is 4. The highest BCUT2D eigenvalue weighted by Gasteiger charge is 2.21. The number of hydrogen-bond donors (Lipinski definition) is 0. The smallest absolute Gasteiger partial charge is 0.250 e. The predicted molar refractivity (Wildman–Crippen MR) is 92.5 cm³/mol. The van der Waals surface area contributed by atoms with Gasteiger partial charge in [-0.15, -0.1) is 0 Å². The van der Waals surface area contributed by atoms with E-state index in [2.05, 4.69) is 33.7 Å². The van der Waals surface area contributed by atoms with E-state index in [1.165, 1.54) is 19.4 Å². The molecule has 0 aliphatic carbocycles. The minimum atomic E-state index is -0.555. The number of rotatable bonds is 5. The van der Waals surface area contributed by atoms with E-state index in [1.807, 2.05) is 6.07 Å². The highest BCUT2D eigenvalue weighted by molar-refractivity contribution is 5.32. The van der Waals surface area contributed by atoms with E-state index in [4.69, 9.17) is 9.47 Å². The summed E-state index contributed by atoms with van der Waals surface area (Å²) in [6.45, 7) is 6.27. The first-order chi connectivity index (χ1) is 12.1. The Bertz CT molecular complexity index is 720. The molecule has 1 saturated heterocycles. The van der Waals surface area contributed by atoms with E-state index in [1.54, 1.807) is 12.3 Å². The maximum Gasteiger partial charge on any atom is 0.250 e. The Kier molecular flexibility index (Phi) is 5.45. The standard InChI is InChI=1S/C18H23FN4O2/c1-13(23-8-6-22(2)7-9-23)17-11-14(4-5-20-17)25-15-10-16(19)18(24-3)21-12-15/h4-5,10-13H,6-9H2,1-3H3. The number of pyridine rings is 2. The van der Waals surface area contributed by atoms with Gasteiger partial charge in [-0.1, -0.05) is 0 Å². The van der Waals surface area contributed by atoms with Gasteiger partial charge in [0, 0.05) is 50.6 Å². The van der Waals surface area contributed by atoms with Gasteiger partial charge in [-0.2, -0.15) is 0 Å². The van der Waals surface area contributed by atoms with Gasteiger partial charge in [0.2, 0.25) is 5.88 Å². The summed E-state index contributed by atoms with van der Waals surface area (Å²) in [5, 5.41) is 0. The van der Waals surface area contributed by atoms with Gasteiger partial charge in [0.25, 0.3) is 0 Å². The first-order valence-corrected chi connectivity index (χ1v) is 8.32. The lowest BCUT2D eigenvalue weighted by Gasteiger charge is -2.36. The van der Waals surface area contributed by atoms with Crippen LogP contribution in [0.2, 0.25) is 0 Å². The van der Waals surface area contributed by atoms with Crippen LogP contribution in [0.15, 0.2) is 30.6 Å². The minimum absolute atomic E-state index is 0.0496. The second-order valence-electron chi connectivity index (χ2n) is 6.20. The van der Waals surface area contributed by atoms with Gasteiger partial charge in [-0.3, -0.25) is 9.88 Å². The fourth-order valence-electron chi connectivity index (χ4n) is 2.87. The average molecular weight is 346 g/mol. The zero-order chi connectivity index (χ0) is 17.8. The molecule has 1 fully saturated rings. The fraction of sp³-hybridized carbons (Fsp3) is 0.444. The lowest BCUT2D eigenvalue weighted by molar-refractivity contribution is 0.117. The highest BCUT2D eigenvalue weighted by atomic mass is 19.1. The van der Waals surface area contributed by atoms with E-state index >= 15 is 0 Å². The molecule has 0 aromatic carbocycles. The molecule has 2 aromatic rings.